The number of aliphatic hydroxyl groups excluding tert-OH is 1. The summed E-state index contributed by atoms with van der Waals surface area (Å²) in [4.78, 5) is 11.0. The molecule has 2 heteroatoms. The van der Waals surface area contributed by atoms with E-state index < -0.39 is 0 Å². The van der Waals surface area contributed by atoms with E-state index in [9.17, 15) is 9.90 Å². The molecule has 0 aliphatic heterocycles. The smallest absolute Gasteiger partial charge is 0.123 e. The van der Waals surface area contributed by atoms with Crippen LogP contribution in [0.15, 0.2) is 0 Å². The number of hydrogen-bond donors (Lipinski definition) is 1. The minimum absolute atomic E-state index is 0.0949. The summed E-state index contributed by atoms with van der Waals surface area (Å²) in [7, 11) is 0. The first-order valence-electron chi connectivity index (χ1n) is 5.82. The van der Waals surface area contributed by atoms with Gasteiger partial charge in [-0.3, -0.25) is 0 Å². The second-order valence-corrected chi connectivity index (χ2v) is 5.25. The number of rotatable bonds is 1. The van der Waals surface area contributed by atoms with Crippen LogP contribution in [-0.2, 0) is 4.79 Å². The Hall–Kier alpha value is -0.370. The molecule has 0 aromatic carbocycles. The van der Waals surface area contributed by atoms with Crippen LogP contribution in [0.4, 0.5) is 0 Å². The van der Waals surface area contributed by atoms with Crippen molar-refractivity contribution < 1.29 is 9.90 Å². The molecular weight excluding hydrogens is 176 g/mol. The molecule has 0 spiro atoms. The summed E-state index contributed by atoms with van der Waals surface area (Å²) in [5.74, 6) is 0.566. The van der Waals surface area contributed by atoms with Crippen molar-refractivity contribution in [2.75, 3.05) is 0 Å². The van der Waals surface area contributed by atoms with Gasteiger partial charge >= 0.3 is 0 Å². The number of carbonyl (C=O) groups is 1. The van der Waals surface area contributed by atoms with Crippen molar-refractivity contribution in [3.63, 3.8) is 0 Å². The van der Waals surface area contributed by atoms with Crippen molar-refractivity contribution in [2.45, 2.75) is 51.6 Å². The van der Waals surface area contributed by atoms with Gasteiger partial charge in [-0.05, 0) is 37.0 Å². The zero-order valence-corrected chi connectivity index (χ0v) is 8.91. The molecular formula is C12H20O2. The number of fused-ring (bicyclic) bond motifs is 1. The Kier molecular flexibility index (Phi) is 2.65. The van der Waals surface area contributed by atoms with E-state index >= 15 is 0 Å². The van der Waals surface area contributed by atoms with Crippen LogP contribution in [0.2, 0.25) is 0 Å². The van der Waals surface area contributed by atoms with Crippen molar-refractivity contribution in [1.82, 2.24) is 0 Å². The molecule has 2 nitrogen and oxygen atoms in total. The highest BCUT2D eigenvalue weighted by Crippen LogP contribution is 2.52. The first-order valence-corrected chi connectivity index (χ1v) is 5.82. The van der Waals surface area contributed by atoms with Gasteiger partial charge in [0.15, 0.2) is 0 Å². The fraction of sp³-hybridized carbons (Fsp3) is 0.917. The molecule has 2 aliphatic rings. The van der Waals surface area contributed by atoms with E-state index in [1.54, 1.807) is 0 Å². The molecule has 0 amide bonds. The molecule has 4 unspecified atom stereocenters. The van der Waals surface area contributed by atoms with Crippen molar-refractivity contribution in [1.29, 1.82) is 0 Å². The Morgan fingerprint density at radius 1 is 1.29 bits per heavy atom. The van der Waals surface area contributed by atoms with E-state index in [4.69, 9.17) is 0 Å². The third-order valence-electron chi connectivity index (χ3n) is 4.57. The van der Waals surface area contributed by atoms with Gasteiger partial charge in [-0.2, -0.15) is 0 Å². The van der Waals surface area contributed by atoms with Crippen LogP contribution in [0.1, 0.15) is 45.4 Å². The molecule has 80 valence electrons. The van der Waals surface area contributed by atoms with Crippen LogP contribution >= 0.6 is 0 Å². The van der Waals surface area contributed by atoms with Gasteiger partial charge in [0.05, 0.1) is 6.10 Å². The van der Waals surface area contributed by atoms with E-state index in [0.29, 0.717) is 5.92 Å². The topological polar surface area (TPSA) is 37.3 Å². The molecule has 0 radical (unpaired) electrons. The third-order valence-corrected chi connectivity index (χ3v) is 4.57. The van der Waals surface area contributed by atoms with Crippen LogP contribution in [-0.4, -0.2) is 17.5 Å². The monoisotopic (exact) mass is 196 g/mol. The molecule has 0 bridgehead atoms. The Morgan fingerprint density at radius 3 is 2.79 bits per heavy atom. The fourth-order valence-electron chi connectivity index (χ4n) is 3.61. The lowest BCUT2D eigenvalue weighted by molar-refractivity contribution is -0.126. The summed E-state index contributed by atoms with van der Waals surface area (Å²) in [6.45, 7) is 2.21. The van der Waals surface area contributed by atoms with Crippen molar-refractivity contribution in [3.05, 3.63) is 0 Å². The highest BCUT2D eigenvalue weighted by molar-refractivity contribution is 5.55. The second-order valence-electron chi connectivity index (χ2n) is 5.25. The quantitative estimate of drug-likeness (QED) is 0.652. The van der Waals surface area contributed by atoms with Crippen molar-refractivity contribution in [3.8, 4) is 0 Å². The summed E-state index contributed by atoms with van der Waals surface area (Å²) in [6.07, 6.45) is 7.37. The number of aldehydes is 1. The van der Waals surface area contributed by atoms with Crippen molar-refractivity contribution >= 4 is 6.29 Å². The molecule has 2 rings (SSSR count). The van der Waals surface area contributed by atoms with Gasteiger partial charge < -0.3 is 9.90 Å². The highest BCUT2D eigenvalue weighted by atomic mass is 16.3. The number of aliphatic hydroxyl groups is 1. The van der Waals surface area contributed by atoms with Crippen LogP contribution in [0.3, 0.4) is 0 Å². The Labute approximate surface area is 85.7 Å². The van der Waals surface area contributed by atoms with Gasteiger partial charge in [0, 0.05) is 5.92 Å². The lowest BCUT2D eigenvalue weighted by Gasteiger charge is -2.50. The highest BCUT2D eigenvalue weighted by Gasteiger charge is 2.48. The molecule has 2 fully saturated rings. The zero-order chi connectivity index (χ0) is 10.2. The van der Waals surface area contributed by atoms with E-state index in [-0.39, 0.29) is 17.4 Å². The van der Waals surface area contributed by atoms with E-state index in [1.807, 2.05) is 0 Å². The Morgan fingerprint density at radius 2 is 2.07 bits per heavy atom. The average Bonchev–Trinajstić information content (AvgIpc) is 2.17. The summed E-state index contributed by atoms with van der Waals surface area (Å²) in [6, 6.07) is 0. The molecule has 1 N–H and O–H groups in total. The van der Waals surface area contributed by atoms with Gasteiger partial charge in [-0.15, -0.1) is 0 Å². The summed E-state index contributed by atoms with van der Waals surface area (Å²) in [5, 5.41) is 9.97. The van der Waals surface area contributed by atoms with Crippen LogP contribution < -0.4 is 0 Å². The molecule has 0 aromatic heterocycles. The maximum atomic E-state index is 11.0. The standard InChI is InChI=1S/C12H20O2/c1-12-7-3-6-11(14)10(12)5-2-4-9(12)8-13/h8-11,14H,2-7H2,1H3. The lowest BCUT2D eigenvalue weighted by Crippen LogP contribution is -2.47. The fourth-order valence-corrected chi connectivity index (χ4v) is 3.61. The third kappa shape index (κ3) is 1.40. The SMILES string of the molecule is CC12CCCC(O)C1CCCC2C=O. The maximum Gasteiger partial charge on any atom is 0.123 e. The van der Waals surface area contributed by atoms with Gasteiger partial charge in [0.25, 0.3) is 0 Å². The minimum atomic E-state index is -0.156. The minimum Gasteiger partial charge on any atom is -0.393 e. The van der Waals surface area contributed by atoms with E-state index in [2.05, 4.69) is 6.92 Å². The van der Waals surface area contributed by atoms with Crippen LogP contribution in [0.25, 0.3) is 0 Å². The van der Waals surface area contributed by atoms with Gasteiger partial charge in [0.1, 0.15) is 6.29 Å². The van der Waals surface area contributed by atoms with Crippen LogP contribution in [0.5, 0.6) is 0 Å². The molecule has 0 heterocycles. The largest absolute Gasteiger partial charge is 0.393 e. The van der Waals surface area contributed by atoms with E-state index in [0.717, 1.165) is 44.8 Å². The molecule has 14 heavy (non-hydrogen) atoms. The first-order chi connectivity index (χ1) is 6.68. The maximum absolute atomic E-state index is 11.0. The molecule has 2 aliphatic carbocycles. The molecule has 0 saturated heterocycles. The second kappa shape index (κ2) is 3.65. The average molecular weight is 196 g/mol. The summed E-state index contributed by atoms with van der Waals surface area (Å²) < 4.78 is 0. The first kappa shape index (κ1) is 10.2. The summed E-state index contributed by atoms with van der Waals surface area (Å²) >= 11 is 0. The zero-order valence-electron chi connectivity index (χ0n) is 8.91. The predicted molar refractivity (Wildman–Crippen MR) is 54.9 cm³/mol. The lowest BCUT2D eigenvalue weighted by atomic mass is 9.55. The molecule has 2 saturated carbocycles. The molecule has 0 aromatic rings. The van der Waals surface area contributed by atoms with Gasteiger partial charge in [-0.1, -0.05) is 19.8 Å². The Balaban J connectivity index is 2.23. The predicted octanol–water partition coefficient (Wildman–Crippen LogP) is 2.15. The Bertz CT molecular complexity index is 226. The molecule has 4 atom stereocenters. The van der Waals surface area contributed by atoms with Gasteiger partial charge in [-0.25, -0.2) is 0 Å². The van der Waals surface area contributed by atoms with Gasteiger partial charge in [0.2, 0.25) is 0 Å². The van der Waals surface area contributed by atoms with Crippen molar-refractivity contribution in [2.24, 2.45) is 17.3 Å². The number of hydrogen-bond acceptors (Lipinski definition) is 2. The van der Waals surface area contributed by atoms with Crippen LogP contribution in [0, 0.1) is 17.3 Å². The summed E-state index contributed by atoms with van der Waals surface area (Å²) in [5.41, 5.74) is 0.0949. The normalized spacial score (nSPS) is 48.3. The number of carbonyl (C=O) groups excluding carboxylic acids is 1. The van der Waals surface area contributed by atoms with E-state index in [1.165, 1.54) is 0 Å².